The molecule has 0 bridgehead atoms. The summed E-state index contributed by atoms with van der Waals surface area (Å²) in [7, 11) is 0. The second-order valence-electron chi connectivity index (χ2n) is 5.75. The van der Waals surface area contributed by atoms with E-state index in [0.717, 1.165) is 30.6 Å². The van der Waals surface area contributed by atoms with Crippen LogP contribution in [0.25, 0.3) is 0 Å². The zero-order chi connectivity index (χ0) is 17.9. The van der Waals surface area contributed by atoms with Crippen LogP contribution < -0.4 is 10.1 Å². The predicted octanol–water partition coefficient (Wildman–Crippen LogP) is 2.66. The molecule has 25 heavy (non-hydrogen) atoms. The van der Waals surface area contributed by atoms with Crippen molar-refractivity contribution in [1.29, 1.82) is 0 Å². The molecule has 1 aliphatic heterocycles. The van der Waals surface area contributed by atoms with Gasteiger partial charge in [-0.3, -0.25) is 4.79 Å². The number of hydrogen-bond acceptors (Lipinski definition) is 5. The first-order chi connectivity index (χ1) is 11.9. The van der Waals surface area contributed by atoms with Gasteiger partial charge >= 0.3 is 6.18 Å². The molecule has 0 saturated carbocycles. The standard InChI is InChI=1S/C17H16F3N3O2/c18-17(19,20)16-10-22-14(9-23-16)15(24)6-3-11-1-4-12(5-2-11)25-13-7-21-8-13/h1-2,4-5,9-10,13,21H,3,6-8H2. The van der Waals surface area contributed by atoms with Crippen molar-refractivity contribution < 1.29 is 22.7 Å². The van der Waals surface area contributed by atoms with Crippen molar-refractivity contribution in [2.24, 2.45) is 0 Å². The molecule has 1 saturated heterocycles. The SMILES string of the molecule is O=C(CCc1ccc(OC2CNC2)cc1)c1cnc(C(F)(F)F)cn1. The van der Waals surface area contributed by atoms with Crippen LogP contribution in [-0.4, -0.2) is 34.9 Å². The van der Waals surface area contributed by atoms with E-state index in [2.05, 4.69) is 15.3 Å². The number of aryl methyl sites for hydroxylation is 1. The van der Waals surface area contributed by atoms with Gasteiger partial charge < -0.3 is 10.1 Å². The van der Waals surface area contributed by atoms with E-state index in [1.54, 1.807) is 0 Å². The van der Waals surface area contributed by atoms with Crippen molar-refractivity contribution in [3.63, 3.8) is 0 Å². The molecular weight excluding hydrogens is 335 g/mol. The molecule has 1 aromatic carbocycles. The third kappa shape index (κ3) is 4.54. The Kier molecular flexibility index (Phi) is 4.98. The van der Waals surface area contributed by atoms with Crippen LogP contribution in [0.5, 0.6) is 5.75 Å². The minimum atomic E-state index is -4.56. The summed E-state index contributed by atoms with van der Waals surface area (Å²) in [5.41, 5.74) is -0.237. The molecule has 1 fully saturated rings. The summed E-state index contributed by atoms with van der Waals surface area (Å²) in [6.45, 7) is 1.68. The lowest BCUT2D eigenvalue weighted by atomic mass is 10.1. The van der Waals surface area contributed by atoms with E-state index < -0.39 is 11.9 Å². The molecule has 0 radical (unpaired) electrons. The number of alkyl halides is 3. The van der Waals surface area contributed by atoms with Crippen LogP contribution in [0, 0.1) is 0 Å². The fourth-order valence-electron chi connectivity index (χ4n) is 2.28. The van der Waals surface area contributed by atoms with Gasteiger partial charge in [0.1, 0.15) is 17.5 Å². The molecule has 1 aromatic heterocycles. The van der Waals surface area contributed by atoms with Gasteiger partial charge in [-0.2, -0.15) is 13.2 Å². The average molecular weight is 351 g/mol. The van der Waals surface area contributed by atoms with Gasteiger partial charge in [0.15, 0.2) is 11.5 Å². The topological polar surface area (TPSA) is 64.1 Å². The number of carbonyl (C=O) groups is 1. The fourth-order valence-corrected chi connectivity index (χ4v) is 2.28. The minimum Gasteiger partial charge on any atom is -0.488 e. The minimum absolute atomic E-state index is 0.0644. The van der Waals surface area contributed by atoms with Gasteiger partial charge in [-0.15, -0.1) is 0 Å². The number of nitrogens with zero attached hydrogens (tertiary/aromatic N) is 2. The average Bonchev–Trinajstić information content (AvgIpc) is 2.56. The van der Waals surface area contributed by atoms with Gasteiger partial charge in [-0.05, 0) is 24.1 Å². The lowest BCUT2D eigenvalue weighted by Crippen LogP contribution is -2.50. The quantitative estimate of drug-likeness (QED) is 0.811. The number of benzene rings is 1. The number of aromatic nitrogens is 2. The summed E-state index contributed by atoms with van der Waals surface area (Å²) in [6.07, 6.45) is -2.30. The first-order valence-corrected chi connectivity index (χ1v) is 7.80. The molecule has 1 aliphatic rings. The largest absolute Gasteiger partial charge is 0.488 e. The van der Waals surface area contributed by atoms with Crippen LogP contribution in [0.3, 0.4) is 0 Å². The van der Waals surface area contributed by atoms with Gasteiger partial charge in [-0.1, -0.05) is 12.1 Å². The van der Waals surface area contributed by atoms with Gasteiger partial charge in [0.05, 0.1) is 12.4 Å². The van der Waals surface area contributed by atoms with Crippen molar-refractivity contribution in [2.45, 2.75) is 25.1 Å². The summed E-state index contributed by atoms with van der Waals surface area (Å²) in [4.78, 5) is 18.8. The fraction of sp³-hybridized carbons (Fsp3) is 0.353. The Morgan fingerprint density at radius 2 is 1.88 bits per heavy atom. The summed E-state index contributed by atoms with van der Waals surface area (Å²) in [5.74, 6) is 0.428. The van der Waals surface area contributed by atoms with E-state index in [1.807, 2.05) is 24.3 Å². The molecule has 0 spiro atoms. The highest BCUT2D eigenvalue weighted by atomic mass is 19.4. The first kappa shape index (κ1) is 17.3. The zero-order valence-electron chi connectivity index (χ0n) is 13.2. The molecule has 8 heteroatoms. The molecule has 0 atom stereocenters. The first-order valence-electron chi connectivity index (χ1n) is 7.80. The third-order valence-corrected chi connectivity index (χ3v) is 3.84. The van der Waals surface area contributed by atoms with Crippen LogP contribution in [0.2, 0.25) is 0 Å². The van der Waals surface area contributed by atoms with Crippen molar-refractivity contribution in [3.8, 4) is 5.75 Å². The summed E-state index contributed by atoms with van der Waals surface area (Å²) in [5, 5.41) is 3.12. The lowest BCUT2D eigenvalue weighted by molar-refractivity contribution is -0.141. The van der Waals surface area contributed by atoms with Crippen LogP contribution in [-0.2, 0) is 12.6 Å². The lowest BCUT2D eigenvalue weighted by Gasteiger charge is -2.27. The maximum atomic E-state index is 12.4. The van der Waals surface area contributed by atoms with Crippen molar-refractivity contribution in [2.75, 3.05) is 13.1 Å². The Balaban J connectivity index is 1.53. The van der Waals surface area contributed by atoms with Gasteiger partial charge in [0.25, 0.3) is 0 Å². The smallest absolute Gasteiger partial charge is 0.434 e. The van der Waals surface area contributed by atoms with Crippen LogP contribution in [0.4, 0.5) is 13.2 Å². The Labute approximate surface area is 142 Å². The Morgan fingerprint density at radius 1 is 1.16 bits per heavy atom. The molecule has 3 rings (SSSR count). The molecule has 1 N–H and O–H groups in total. The molecule has 2 aromatic rings. The Bertz CT molecular complexity index is 726. The number of Topliss-reactive ketones (excluding diaryl/α,β-unsaturated/α-hetero) is 1. The van der Waals surface area contributed by atoms with Crippen LogP contribution in [0.1, 0.15) is 28.2 Å². The van der Waals surface area contributed by atoms with E-state index in [4.69, 9.17) is 4.74 Å². The van der Waals surface area contributed by atoms with Gasteiger partial charge in [0.2, 0.25) is 0 Å². The monoisotopic (exact) mass is 351 g/mol. The molecule has 2 heterocycles. The van der Waals surface area contributed by atoms with E-state index in [1.165, 1.54) is 0 Å². The molecule has 0 amide bonds. The number of carbonyl (C=O) groups excluding carboxylic acids is 1. The van der Waals surface area contributed by atoms with Gasteiger partial charge in [-0.25, -0.2) is 9.97 Å². The number of ether oxygens (including phenoxy) is 1. The molecular formula is C17H16F3N3O2. The van der Waals surface area contributed by atoms with Crippen molar-refractivity contribution >= 4 is 5.78 Å². The highest BCUT2D eigenvalue weighted by Crippen LogP contribution is 2.26. The second-order valence-corrected chi connectivity index (χ2v) is 5.75. The number of nitrogens with one attached hydrogen (secondary N) is 1. The van der Waals surface area contributed by atoms with Crippen LogP contribution in [0.15, 0.2) is 36.7 Å². The Hall–Kier alpha value is -2.48. The molecule has 0 aliphatic carbocycles. The van der Waals surface area contributed by atoms with E-state index >= 15 is 0 Å². The molecule has 5 nitrogen and oxygen atoms in total. The van der Waals surface area contributed by atoms with Crippen LogP contribution >= 0.6 is 0 Å². The summed E-state index contributed by atoms with van der Waals surface area (Å²) < 4.78 is 43.0. The van der Waals surface area contributed by atoms with E-state index in [-0.39, 0.29) is 24.0 Å². The maximum Gasteiger partial charge on any atom is 0.434 e. The maximum absolute atomic E-state index is 12.4. The second kappa shape index (κ2) is 7.18. The predicted molar refractivity (Wildman–Crippen MR) is 83.4 cm³/mol. The highest BCUT2D eigenvalue weighted by Gasteiger charge is 2.33. The number of ketones is 1. The highest BCUT2D eigenvalue weighted by molar-refractivity contribution is 5.94. The number of halogens is 3. The normalized spacial score (nSPS) is 14.8. The Morgan fingerprint density at radius 3 is 2.40 bits per heavy atom. The number of hydrogen-bond donors (Lipinski definition) is 1. The third-order valence-electron chi connectivity index (χ3n) is 3.84. The molecule has 132 valence electrons. The number of rotatable bonds is 6. The van der Waals surface area contributed by atoms with Crippen molar-refractivity contribution in [1.82, 2.24) is 15.3 Å². The zero-order valence-corrected chi connectivity index (χ0v) is 13.2. The summed E-state index contributed by atoms with van der Waals surface area (Å²) >= 11 is 0. The molecule has 0 unspecified atom stereocenters. The van der Waals surface area contributed by atoms with Crippen molar-refractivity contribution in [3.05, 3.63) is 53.6 Å². The summed E-state index contributed by atoms with van der Waals surface area (Å²) in [6, 6.07) is 7.42. The van der Waals surface area contributed by atoms with Gasteiger partial charge in [0, 0.05) is 19.5 Å². The van der Waals surface area contributed by atoms with E-state index in [0.29, 0.717) is 12.6 Å². The van der Waals surface area contributed by atoms with E-state index in [9.17, 15) is 18.0 Å².